The standard InChI is InChI=1S/C5H7NO2/c1-3-4(2)8-5(7)6-3/h4H,1H2,2H3,(H,6,7)/t4-/m1/s1. The van der Waals surface area contributed by atoms with E-state index in [1.165, 1.54) is 0 Å². The topological polar surface area (TPSA) is 38.3 Å². The zero-order chi connectivity index (χ0) is 6.15. The first-order chi connectivity index (χ1) is 3.70. The molecular weight excluding hydrogens is 106 g/mol. The molecule has 1 rings (SSSR count). The van der Waals surface area contributed by atoms with Gasteiger partial charge in [0, 0.05) is 0 Å². The first-order valence-electron chi connectivity index (χ1n) is 2.36. The Kier molecular flexibility index (Phi) is 0.970. The van der Waals surface area contributed by atoms with Crippen molar-refractivity contribution in [1.82, 2.24) is 5.32 Å². The highest BCUT2D eigenvalue weighted by Gasteiger charge is 2.21. The lowest BCUT2D eigenvalue weighted by molar-refractivity contribution is 0.152. The van der Waals surface area contributed by atoms with Crippen molar-refractivity contribution in [1.29, 1.82) is 0 Å². The molecule has 0 radical (unpaired) electrons. The molecule has 0 spiro atoms. The van der Waals surface area contributed by atoms with Gasteiger partial charge >= 0.3 is 6.09 Å². The van der Waals surface area contributed by atoms with Crippen LogP contribution < -0.4 is 5.32 Å². The van der Waals surface area contributed by atoms with E-state index in [0.717, 1.165) is 0 Å². The quantitative estimate of drug-likeness (QED) is 0.500. The molecule has 0 unspecified atom stereocenters. The fourth-order valence-electron chi connectivity index (χ4n) is 0.494. The molecule has 0 aromatic rings. The van der Waals surface area contributed by atoms with Crippen LogP contribution in [0.2, 0.25) is 0 Å². The van der Waals surface area contributed by atoms with Crippen molar-refractivity contribution in [2.24, 2.45) is 0 Å². The van der Waals surface area contributed by atoms with E-state index in [4.69, 9.17) is 0 Å². The third-order valence-electron chi connectivity index (χ3n) is 1.04. The Hall–Kier alpha value is -0.990. The van der Waals surface area contributed by atoms with Crippen molar-refractivity contribution >= 4 is 6.09 Å². The summed E-state index contributed by atoms with van der Waals surface area (Å²) in [5.41, 5.74) is 0.634. The Morgan fingerprint density at radius 2 is 2.50 bits per heavy atom. The molecule has 1 atom stereocenters. The summed E-state index contributed by atoms with van der Waals surface area (Å²) in [7, 11) is 0. The second kappa shape index (κ2) is 1.51. The van der Waals surface area contributed by atoms with Gasteiger partial charge in [0.15, 0.2) is 0 Å². The van der Waals surface area contributed by atoms with E-state index in [0.29, 0.717) is 5.70 Å². The third kappa shape index (κ3) is 0.665. The maximum Gasteiger partial charge on any atom is 0.412 e. The molecular formula is C5H7NO2. The van der Waals surface area contributed by atoms with E-state index in [9.17, 15) is 4.79 Å². The number of carbonyl (C=O) groups is 1. The molecule has 3 heteroatoms. The van der Waals surface area contributed by atoms with Gasteiger partial charge in [0.2, 0.25) is 0 Å². The third-order valence-corrected chi connectivity index (χ3v) is 1.04. The lowest BCUT2D eigenvalue weighted by Crippen LogP contribution is -2.10. The van der Waals surface area contributed by atoms with Crippen LogP contribution in [0.1, 0.15) is 6.92 Å². The summed E-state index contributed by atoms with van der Waals surface area (Å²) in [6.45, 7) is 5.29. The summed E-state index contributed by atoms with van der Waals surface area (Å²) in [6, 6.07) is 0. The predicted molar refractivity (Wildman–Crippen MR) is 28.2 cm³/mol. The summed E-state index contributed by atoms with van der Waals surface area (Å²) in [4.78, 5) is 10.3. The first-order valence-corrected chi connectivity index (χ1v) is 2.36. The Labute approximate surface area is 47.3 Å². The van der Waals surface area contributed by atoms with Gasteiger partial charge in [-0.05, 0) is 6.92 Å². The Balaban J connectivity index is 2.64. The van der Waals surface area contributed by atoms with Crippen molar-refractivity contribution in [2.75, 3.05) is 0 Å². The van der Waals surface area contributed by atoms with Gasteiger partial charge in [-0.2, -0.15) is 0 Å². The molecule has 8 heavy (non-hydrogen) atoms. The molecule has 44 valence electrons. The van der Waals surface area contributed by atoms with Crippen LogP contribution in [0.5, 0.6) is 0 Å². The maximum absolute atomic E-state index is 10.3. The average Bonchev–Trinajstić information content (AvgIpc) is 1.85. The highest BCUT2D eigenvalue weighted by atomic mass is 16.6. The van der Waals surface area contributed by atoms with Crippen LogP contribution in [0.25, 0.3) is 0 Å². The molecule has 0 aromatic heterocycles. The second-order valence-corrected chi connectivity index (χ2v) is 1.70. The summed E-state index contributed by atoms with van der Waals surface area (Å²) in [5.74, 6) is 0. The van der Waals surface area contributed by atoms with Crippen LogP contribution in [0.3, 0.4) is 0 Å². The summed E-state index contributed by atoms with van der Waals surface area (Å²) in [5, 5.41) is 2.41. The number of amides is 1. The van der Waals surface area contributed by atoms with Crippen LogP contribution in [0, 0.1) is 0 Å². The predicted octanol–water partition coefficient (Wildman–Crippen LogP) is 0.628. The summed E-state index contributed by atoms with van der Waals surface area (Å²) in [6.07, 6.45) is -0.565. The van der Waals surface area contributed by atoms with Gasteiger partial charge in [-0.15, -0.1) is 0 Å². The molecule has 0 bridgehead atoms. The van der Waals surface area contributed by atoms with Crippen molar-refractivity contribution < 1.29 is 9.53 Å². The van der Waals surface area contributed by atoms with Crippen molar-refractivity contribution in [3.8, 4) is 0 Å². The van der Waals surface area contributed by atoms with Crippen molar-refractivity contribution in [2.45, 2.75) is 13.0 Å². The van der Waals surface area contributed by atoms with Gasteiger partial charge in [0.1, 0.15) is 6.10 Å². The van der Waals surface area contributed by atoms with Crippen molar-refractivity contribution in [3.63, 3.8) is 0 Å². The fraction of sp³-hybridized carbons (Fsp3) is 0.400. The molecule has 1 fully saturated rings. The minimum atomic E-state index is -0.400. The number of cyclic esters (lactones) is 1. The van der Waals surface area contributed by atoms with Crippen molar-refractivity contribution in [3.05, 3.63) is 12.3 Å². The van der Waals surface area contributed by atoms with E-state index in [1.54, 1.807) is 6.92 Å². The molecule has 1 heterocycles. The van der Waals surface area contributed by atoms with Gasteiger partial charge < -0.3 is 4.74 Å². The average molecular weight is 113 g/mol. The molecule has 1 N–H and O–H groups in total. The van der Waals surface area contributed by atoms with Gasteiger partial charge in [0.25, 0.3) is 0 Å². The molecule has 0 aliphatic carbocycles. The summed E-state index contributed by atoms with van der Waals surface area (Å²) < 4.78 is 4.62. The van der Waals surface area contributed by atoms with Gasteiger partial charge in [-0.3, -0.25) is 5.32 Å². The van der Waals surface area contributed by atoms with Gasteiger partial charge in [0.05, 0.1) is 5.70 Å². The number of alkyl carbamates (subject to hydrolysis) is 1. The highest BCUT2D eigenvalue weighted by molar-refractivity contribution is 5.72. The van der Waals surface area contributed by atoms with Crippen LogP contribution >= 0.6 is 0 Å². The van der Waals surface area contributed by atoms with Crippen LogP contribution in [-0.4, -0.2) is 12.2 Å². The highest BCUT2D eigenvalue weighted by Crippen LogP contribution is 2.07. The Bertz CT molecular complexity index is 141. The SMILES string of the molecule is C=C1NC(=O)O[C@@H]1C. The number of nitrogens with one attached hydrogen (secondary N) is 1. The number of ether oxygens (including phenoxy) is 1. The minimum absolute atomic E-state index is 0.164. The lowest BCUT2D eigenvalue weighted by atomic mass is 10.3. The number of rotatable bonds is 0. The van der Waals surface area contributed by atoms with E-state index >= 15 is 0 Å². The number of hydrogen-bond donors (Lipinski definition) is 1. The van der Waals surface area contributed by atoms with Gasteiger partial charge in [-0.25, -0.2) is 4.79 Å². The Morgan fingerprint density at radius 3 is 2.62 bits per heavy atom. The number of carbonyl (C=O) groups excluding carboxylic acids is 1. The Morgan fingerprint density at radius 1 is 1.88 bits per heavy atom. The van der Waals surface area contributed by atoms with E-state index in [2.05, 4.69) is 16.6 Å². The van der Waals surface area contributed by atoms with Crippen LogP contribution in [0.4, 0.5) is 4.79 Å². The molecule has 1 aliphatic rings. The molecule has 1 aliphatic heterocycles. The normalized spacial score (nSPS) is 27.4. The van der Waals surface area contributed by atoms with Gasteiger partial charge in [-0.1, -0.05) is 6.58 Å². The lowest BCUT2D eigenvalue weighted by Gasteiger charge is -1.95. The molecule has 1 amide bonds. The molecule has 1 saturated heterocycles. The second-order valence-electron chi connectivity index (χ2n) is 1.70. The first kappa shape index (κ1) is 5.15. The van der Waals surface area contributed by atoms with E-state index in [1.807, 2.05) is 0 Å². The molecule has 3 nitrogen and oxygen atoms in total. The smallest absolute Gasteiger partial charge is 0.412 e. The zero-order valence-electron chi connectivity index (χ0n) is 4.60. The van der Waals surface area contributed by atoms with E-state index in [-0.39, 0.29) is 6.10 Å². The largest absolute Gasteiger partial charge is 0.440 e. The summed E-state index contributed by atoms with van der Waals surface area (Å²) >= 11 is 0. The maximum atomic E-state index is 10.3. The van der Waals surface area contributed by atoms with Crippen LogP contribution in [-0.2, 0) is 4.74 Å². The fourth-order valence-corrected chi connectivity index (χ4v) is 0.494. The molecule has 0 aromatic carbocycles. The van der Waals surface area contributed by atoms with Crippen LogP contribution in [0.15, 0.2) is 12.3 Å². The minimum Gasteiger partial charge on any atom is -0.440 e. The zero-order valence-corrected chi connectivity index (χ0v) is 4.60. The molecule has 0 saturated carbocycles. The van der Waals surface area contributed by atoms with E-state index < -0.39 is 6.09 Å². The monoisotopic (exact) mass is 113 g/mol. The number of hydrogen-bond acceptors (Lipinski definition) is 2.